The fourth-order valence-electron chi connectivity index (χ4n) is 0.768. The average molecular weight is 156 g/mol. The first-order valence-corrected chi connectivity index (χ1v) is 3.51. The Hall–Kier alpha value is -0.870. The molecule has 1 rings (SSSR count). The molecule has 4 nitrogen and oxygen atoms in total. The van der Waals surface area contributed by atoms with E-state index in [1.807, 2.05) is 13.8 Å². The summed E-state index contributed by atoms with van der Waals surface area (Å²) in [5.74, 6) is 0. The van der Waals surface area contributed by atoms with Crippen LogP contribution in [0.2, 0.25) is 0 Å². The maximum absolute atomic E-state index is 8.72. The highest BCUT2D eigenvalue weighted by atomic mass is 16.5. The molecule has 2 N–H and O–H groups in total. The molecule has 0 spiro atoms. The van der Waals surface area contributed by atoms with Crippen LogP contribution < -0.4 is 0 Å². The molecule has 0 saturated heterocycles. The van der Waals surface area contributed by atoms with Crippen molar-refractivity contribution in [3.8, 4) is 0 Å². The molecule has 4 heteroatoms. The summed E-state index contributed by atoms with van der Waals surface area (Å²) < 4.78 is 1.68. The van der Waals surface area contributed by atoms with Gasteiger partial charge in [-0.1, -0.05) is 0 Å². The second-order valence-electron chi connectivity index (χ2n) is 2.72. The summed E-state index contributed by atoms with van der Waals surface area (Å²) in [4.78, 5) is 0. The van der Waals surface area contributed by atoms with Crippen LogP contribution in [0.4, 0.5) is 0 Å². The Morgan fingerprint density at radius 1 is 1.45 bits per heavy atom. The molecule has 0 saturated carbocycles. The van der Waals surface area contributed by atoms with Crippen LogP contribution >= 0.6 is 0 Å². The smallest absolute Gasteiger partial charge is 0.181 e. The van der Waals surface area contributed by atoms with Gasteiger partial charge in [0.15, 0.2) is 6.29 Å². The van der Waals surface area contributed by atoms with E-state index in [0.717, 1.165) is 0 Å². The SMILES string of the molecule is CC(C)n1cc(C(O)O)cn1. The van der Waals surface area contributed by atoms with Crippen molar-refractivity contribution in [3.05, 3.63) is 18.0 Å². The predicted molar refractivity (Wildman–Crippen MR) is 39.8 cm³/mol. The van der Waals surface area contributed by atoms with Gasteiger partial charge >= 0.3 is 0 Å². The van der Waals surface area contributed by atoms with Crippen molar-refractivity contribution < 1.29 is 10.2 Å². The monoisotopic (exact) mass is 156 g/mol. The molecule has 0 unspecified atom stereocenters. The molecule has 1 aromatic heterocycles. The Balaban J connectivity index is 2.82. The van der Waals surface area contributed by atoms with Gasteiger partial charge in [0.2, 0.25) is 0 Å². The van der Waals surface area contributed by atoms with Gasteiger partial charge < -0.3 is 10.2 Å². The van der Waals surface area contributed by atoms with E-state index in [9.17, 15) is 0 Å². The van der Waals surface area contributed by atoms with Crippen LogP contribution in [0.1, 0.15) is 31.7 Å². The van der Waals surface area contributed by atoms with Gasteiger partial charge in [0.05, 0.1) is 6.20 Å². The van der Waals surface area contributed by atoms with Crippen molar-refractivity contribution in [2.24, 2.45) is 0 Å². The fourth-order valence-corrected chi connectivity index (χ4v) is 0.768. The summed E-state index contributed by atoms with van der Waals surface area (Å²) in [7, 11) is 0. The summed E-state index contributed by atoms with van der Waals surface area (Å²) >= 11 is 0. The fraction of sp³-hybridized carbons (Fsp3) is 0.571. The topological polar surface area (TPSA) is 58.3 Å². The van der Waals surface area contributed by atoms with Crippen molar-refractivity contribution >= 4 is 0 Å². The van der Waals surface area contributed by atoms with Crippen LogP contribution in [0.15, 0.2) is 12.4 Å². The van der Waals surface area contributed by atoms with E-state index in [0.29, 0.717) is 5.56 Å². The third-order valence-electron chi connectivity index (χ3n) is 1.45. The summed E-state index contributed by atoms with van der Waals surface area (Å²) in [6.45, 7) is 3.95. The third kappa shape index (κ3) is 1.78. The van der Waals surface area contributed by atoms with Gasteiger partial charge in [0, 0.05) is 17.8 Å². The van der Waals surface area contributed by atoms with Gasteiger partial charge in [0.25, 0.3) is 0 Å². The summed E-state index contributed by atoms with van der Waals surface area (Å²) in [6.07, 6.45) is 1.66. The quantitative estimate of drug-likeness (QED) is 0.611. The molecule has 0 radical (unpaired) electrons. The zero-order valence-corrected chi connectivity index (χ0v) is 6.60. The lowest BCUT2D eigenvalue weighted by Crippen LogP contribution is -2.00. The zero-order valence-electron chi connectivity index (χ0n) is 6.60. The Labute approximate surface area is 65.1 Å². The molecule has 0 amide bonds. The highest BCUT2D eigenvalue weighted by Crippen LogP contribution is 2.10. The van der Waals surface area contributed by atoms with E-state index in [1.54, 1.807) is 10.9 Å². The Bertz CT molecular complexity index is 208. The van der Waals surface area contributed by atoms with Crippen LogP contribution in [0.3, 0.4) is 0 Å². The Morgan fingerprint density at radius 2 is 2.09 bits per heavy atom. The molecular formula is C7H12N2O2. The summed E-state index contributed by atoms with van der Waals surface area (Å²) in [5.41, 5.74) is 0.429. The number of aliphatic hydroxyl groups is 2. The van der Waals surface area contributed by atoms with Gasteiger partial charge in [-0.3, -0.25) is 4.68 Å². The van der Waals surface area contributed by atoms with Crippen LogP contribution in [-0.2, 0) is 0 Å². The van der Waals surface area contributed by atoms with E-state index in [1.165, 1.54) is 6.20 Å². The highest BCUT2D eigenvalue weighted by molar-refractivity contribution is 5.04. The number of aromatic nitrogens is 2. The molecule has 1 heterocycles. The van der Waals surface area contributed by atoms with Crippen molar-refractivity contribution in [2.45, 2.75) is 26.2 Å². The molecule has 0 aliphatic rings. The molecule has 0 aliphatic carbocycles. The van der Waals surface area contributed by atoms with E-state index in [-0.39, 0.29) is 6.04 Å². The lowest BCUT2D eigenvalue weighted by atomic mass is 10.3. The van der Waals surface area contributed by atoms with Gasteiger partial charge in [-0.25, -0.2) is 0 Å². The molecule has 0 atom stereocenters. The van der Waals surface area contributed by atoms with E-state index in [2.05, 4.69) is 5.10 Å². The molecule has 62 valence electrons. The standard InChI is InChI=1S/C7H12N2O2/c1-5(2)9-4-6(3-8-9)7(10)11/h3-5,7,10-11H,1-2H3. The number of hydrogen-bond donors (Lipinski definition) is 2. The molecule has 0 bridgehead atoms. The normalized spacial score (nSPS) is 11.5. The van der Waals surface area contributed by atoms with Crippen LogP contribution in [0.5, 0.6) is 0 Å². The average Bonchev–Trinajstić information content (AvgIpc) is 2.33. The molecule has 0 fully saturated rings. The largest absolute Gasteiger partial charge is 0.364 e. The summed E-state index contributed by atoms with van der Waals surface area (Å²) in [5, 5.41) is 21.4. The number of aliphatic hydroxyl groups excluding tert-OH is 1. The molecular weight excluding hydrogens is 144 g/mol. The zero-order chi connectivity index (χ0) is 8.43. The number of nitrogens with zero attached hydrogens (tertiary/aromatic N) is 2. The number of rotatable bonds is 2. The van der Waals surface area contributed by atoms with Crippen LogP contribution in [0, 0.1) is 0 Å². The molecule has 11 heavy (non-hydrogen) atoms. The van der Waals surface area contributed by atoms with E-state index >= 15 is 0 Å². The lowest BCUT2D eigenvalue weighted by Gasteiger charge is -2.03. The highest BCUT2D eigenvalue weighted by Gasteiger charge is 2.06. The minimum atomic E-state index is -1.41. The molecule has 0 aliphatic heterocycles. The Morgan fingerprint density at radius 3 is 2.36 bits per heavy atom. The molecule has 0 aromatic carbocycles. The number of hydrogen-bond acceptors (Lipinski definition) is 3. The van der Waals surface area contributed by atoms with Crippen molar-refractivity contribution in [3.63, 3.8) is 0 Å². The van der Waals surface area contributed by atoms with Gasteiger partial charge in [-0.05, 0) is 13.8 Å². The third-order valence-corrected chi connectivity index (χ3v) is 1.45. The predicted octanol–water partition coefficient (Wildman–Crippen LogP) is 0.447. The Kier molecular flexibility index (Phi) is 2.26. The first-order valence-electron chi connectivity index (χ1n) is 3.51. The first-order chi connectivity index (χ1) is 5.11. The maximum atomic E-state index is 8.72. The van der Waals surface area contributed by atoms with E-state index in [4.69, 9.17) is 10.2 Å². The lowest BCUT2D eigenvalue weighted by molar-refractivity contribution is -0.0425. The minimum absolute atomic E-state index is 0.252. The minimum Gasteiger partial charge on any atom is -0.364 e. The molecule has 1 aromatic rings. The summed E-state index contributed by atoms with van der Waals surface area (Å²) in [6, 6.07) is 0.252. The van der Waals surface area contributed by atoms with Crippen molar-refractivity contribution in [2.75, 3.05) is 0 Å². The maximum Gasteiger partial charge on any atom is 0.181 e. The van der Waals surface area contributed by atoms with Crippen molar-refractivity contribution in [1.82, 2.24) is 9.78 Å². The van der Waals surface area contributed by atoms with E-state index < -0.39 is 6.29 Å². The van der Waals surface area contributed by atoms with Gasteiger partial charge in [0.1, 0.15) is 0 Å². The second kappa shape index (κ2) is 3.02. The van der Waals surface area contributed by atoms with Crippen molar-refractivity contribution in [1.29, 1.82) is 0 Å². The first kappa shape index (κ1) is 8.23. The van der Waals surface area contributed by atoms with Crippen LogP contribution in [-0.4, -0.2) is 20.0 Å². The van der Waals surface area contributed by atoms with Gasteiger partial charge in [-0.2, -0.15) is 5.10 Å². The van der Waals surface area contributed by atoms with Crippen LogP contribution in [0.25, 0.3) is 0 Å². The second-order valence-corrected chi connectivity index (χ2v) is 2.72. The van der Waals surface area contributed by atoms with Gasteiger partial charge in [-0.15, -0.1) is 0 Å².